The van der Waals surface area contributed by atoms with Crippen molar-refractivity contribution in [2.75, 3.05) is 6.61 Å². The number of hydrogen-bond acceptors (Lipinski definition) is 3. The summed E-state index contributed by atoms with van der Waals surface area (Å²) in [6.45, 7) is 2.46. The molecule has 0 saturated heterocycles. The molecule has 0 spiro atoms. The first-order valence-electron chi connectivity index (χ1n) is 12.6. The molecule has 0 amide bonds. The molecule has 1 aromatic rings. The van der Waals surface area contributed by atoms with Crippen molar-refractivity contribution in [1.29, 1.82) is 5.26 Å². The predicted octanol–water partition coefficient (Wildman–Crippen LogP) is 7.84. The lowest BCUT2D eigenvalue weighted by Crippen LogP contribution is -2.17. The van der Waals surface area contributed by atoms with Crippen LogP contribution in [0.25, 0.3) is 0 Å². The highest BCUT2D eigenvalue weighted by Gasteiger charge is 2.09. The third-order valence-corrected chi connectivity index (χ3v) is 5.91. The van der Waals surface area contributed by atoms with Gasteiger partial charge in [0.2, 0.25) is 0 Å². The van der Waals surface area contributed by atoms with Gasteiger partial charge in [-0.15, -0.1) is 0 Å². The van der Waals surface area contributed by atoms with Gasteiger partial charge in [-0.05, 0) is 30.2 Å². The summed E-state index contributed by atoms with van der Waals surface area (Å²) in [4.78, 5) is 0. The monoisotopic (exact) mass is 433 g/mol. The van der Waals surface area contributed by atoms with E-state index in [0.29, 0.717) is 11.1 Å². The van der Waals surface area contributed by atoms with Crippen LogP contribution in [0.15, 0.2) is 18.2 Å². The minimum Gasteiger partial charge on any atom is -0.394 e. The summed E-state index contributed by atoms with van der Waals surface area (Å²) < 4.78 is 19.2. The molecular weight excluding hydrogens is 389 g/mol. The molecule has 1 rings (SSSR count). The van der Waals surface area contributed by atoms with Gasteiger partial charge in [0.25, 0.3) is 0 Å². The Kier molecular flexibility index (Phi) is 17.1. The maximum atomic E-state index is 13.5. The lowest BCUT2D eigenvalue weighted by atomic mass is 10.0. The number of benzene rings is 1. The van der Waals surface area contributed by atoms with E-state index in [1.54, 1.807) is 6.07 Å². The lowest BCUT2D eigenvalue weighted by molar-refractivity contribution is -0.00357. The number of halogens is 1. The van der Waals surface area contributed by atoms with E-state index >= 15 is 0 Å². The number of nitrogens with zero attached hydrogens (tertiary/aromatic N) is 1. The van der Waals surface area contributed by atoms with Gasteiger partial charge in [0.1, 0.15) is 5.82 Å². The molecule has 3 nitrogen and oxygen atoms in total. The SMILES string of the molecule is CCCCCCCCCCCCCCCCCC(CO)OCc1cc(F)cc(C#N)c1. The number of rotatable bonds is 20. The second-order valence-corrected chi connectivity index (χ2v) is 8.81. The predicted molar refractivity (Wildman–Crippen MR) is 126 cm³/mol. The highest BCUT2D eigenvalue weighted by molar-refractivity contribution is 5.33. The van der Waals surface area contributed by atoms with E-state index in [1.165, 1.54) is 95.6 Å². The van der Waals surface area contributed by atoms with Gasteiger partial charge >= 0.3 is 0 Å². The first-order chi connectivity index (χ1) is 15.2. The Balaban J connectivity index is 1.96. The molecule has 31 heavy (non-hydrogen) atoms. The molecule has 0 bridgehead atoms. The van der Waals surface area contributed by atoms with E-state index in [0.717, 1.165) is 19.3 Å². The molecule has 0 saturated carbocycles. The average Bonchev–Trinajstić information content (AvgIpc) is 2.78. The Bertz CT molecular complexity index is 599. The van der Waals surface area contributed by atoms with Crippen molar-refractivity contribution in [2.45, 2.75) is 122 Å². The number of aliphatic hydroxyl groups excluding tert-OH is 1. The van der Waals surface area contributed by atoms with E-state index in [4.69, 9.17) is 10.00 Å². The van der Waals surface area contributed by atoms with E-state index in [9.17, 15) is 9.50 Å². The van der Waals surface area contributed by atoms with E-state index in [-0.39, 0.29) is 19.3 Å². The molecular formula is C27H44FNO2. The third-order valence-electron chi connectivity index (χ3n) is 5.91. The van der Waals surface area contributed by atoms with Gasteiger partial charge in [-0.1, -0.05) is 103 Å². The number of hydrogen-bond donors (Lipinski definition) is 1. The largest absolute Gasteiger partial charge is 0.394 e. The fraction of sp³-hybridized carbons (Fsp3) is 0.741. The highest BCUT2D eigenvalue weighted by atomic mass is 19.1. The van der Waals surface area contributed by atoms with E-state index in [1.807, 2.05) is 6.07 Å². The lowest BCUT2D eigenvalue weighted by Gasteiger charge is -2.15. The molecule has 0 aliphatic rings. The zero-order valence-corrected chi connectivity index (χ0v) is 19.7. The Labute approximate surface area is 190 Å². The minimum atomic E-state index is -0.430. The van der Waals surface area contributed by atoms with Crippen LogP contribution >= 0.6 is 0 Å². The molecule has 1 aromatic carbocycles. The Hall–Kier alpha value is -1.44. The van der Waals surface area contributed by atoms with Gasteiger partial charge in [-0.2, -0.15) is 5.26 Å². The van der Waals surface area contributed by atoms with Crippen LogP contribution in [-0.2, 0) is 11.3 Å². The summed E-state index contributed by atoms with van der Waals surface area (Å²) in [5.41, 5.74) is 0.924. The first-order valence-corrected chi connectivity index (χ1v) is 12.6. The molecule has 0 aromatic heterocycles. The summed E-state index contributed by atoms with van der Waals surface area (Å²) in [6, 6.07) is 6.17. The van der Waals surface area contributed by atoms with Gasteiger partial charge in [0.15, 0.2) is 0 Å². The molecule has 0 aliphatic carbocycles. The Morgan fingerprint density at radius 2 is 1.35 bits per heavy atom. The summed E-state index contributed by atoms with van der Waals surface area (Å²) in [6.07, 6.45) is 20.6. The molecule has 176 valence electrons. The van der Waals surface area contributed by atoms with E-state index in [2.05, 4.69) is 6.92 Å². The highest BCUT2D eigenvalue weighted by Crippen LogP contribution is 2.16. The zero-order chi connectivity index (χ0) is 22.6. The standard InChI is InChI=1S/C27H44FNO2/c1-2-3-4-5-6-7-8-9-10-11-12-13-14-15-16-17-27(22-30)31-23-25-18-24(21-29)19-26(28)20-25/h18-20,27,30H,2-17,22-23H2,1H3. The van der Waals surface area contributed by atoms with Crippen LogP contribution in [0.4, 0.5) is 4.39 Å². The normalized spacial score (nSPS) is 12.1. The molecule has 4 heteroatoms. The van der Waals surface area contributed by atoms with Crippen LogP contribution in [0, 0.1) is 17.1 Å². The fourth-order valence-corrected chi connectivity index (χ4v) is 3.98. The van der Waals surface area contributed by atoms with Crippen molar-refractivity contribution in [2.24, 2.45) is 0 Å². The maximum absolute atomic E-state index is 13.5. The van der Waals surface area contributed by atoms with Crippen LogP contribution < -0.4 is 0 Å². The summed E-state index contributed by atoms with van der Waals surface area (Å²) in [5, 5.41) is 18.4. The Morgan fingerprint density at radius 3 is 1.84 bits per heavy atom. The van der Waals surface area contributed by atoms with Crippen LogP contribution in [0.1, 0.15) is 121 Å². The van der Waals surface area contributed by atoms with Crippen molar-refractivity contribution < 1.29 is 14.2 Å². The van der Waals surface area contributed by atoms with E-state index < -0.39 is 5.82 Å². The summed E-state index contributed by atoms with van der Waals surface area (Å²) >= 11 is 0. The van der Waals surface area contributed by atoms with Crippen molar-refractivity contribution in [3.8, 4) is 6.07 Å². The van der Waals surface area contributed by atoms with Gasteiger partial charge in [-0.25, -0.2) is 4.39 Å². The number of unbranched alkanes of at least 4 members (excludes halogenated alkanes) is 14. The van der Waals surface area contributed by atoms with Crippen LogP contribution in [-0.4, -0.2) is 17.8 Å². The zero-order valence-electron chi connectivity index (χ0n) is 19.7. The van der Waals surface area contributed by atoms with Gasteiger partial charge in [0.05, 0.1) is 31.0 Å². The van der Waals surface area contributed by atoms with Crippen molar-refractivity contribution in [3.63, 3.8) is 0 Å². The average molecular weight is 434 g/mol. The second kappa shape index (κ2) is 19.3. The molecule has 0 radical (unpaired) electrons. The first kappa shape index (κ1) is 27.6. The molecule has 0 fully saturated rings. The molecule has 1 N–H and O–H groups in total. The van der Waals surface area contributed by atoms with Crippen LogP contribution in [0.3, 0.4) is 0 Å². The Morgan fingerprint density at radius 1 is 0.839 bits per heavy atom. The second-order valence-electron chi connectivity index (χ2n) is 8.81. The topological polar surface area (TPSA) is 53.2 Å². The minimum absolute atomic E-state index is 0.0287. The molecule has 0 heterocycles. The number of nitriles is 1. The molecule has 1 atom stereocenters. The van der Waals surface area contributed by atoms with Crippen molar-refractivity contribution >= 4 is 0 Å². The van der Waals surface area contributed by atoms with Crippen LogP contribution in [0.2, 0.25) is 0 Å². The molecule has 0 aliphatic heterocycles. The van der Waals surface area contributed by atoms with Crippen molar-refractivity contribution in [3.05, 3.63) is 35.1 Å². The summed E-state index contributed by atoms with van der Waals surface area (Å²) in [5.74, 6) is -0.430. The van der Waals surface area contributed by atoms with Crippen LogP contribution in [0.5, 0.6) is 0 Å². The number of aliphatic hydroxyl groups is 1. The van der Waals surface area contributed by atoms with Gasteiger partial charge < -0.3 is 9.84 Å². The van der Waals surface area contributed by atoms with Gasteiger partial charge in [-0.3, -0.25) is 0 Å². The smallest absolute Gasteiger partial charge is 0.124 e. The van der Waals surface area contributed by atoms with Gasteiger partial charge in [0, 0.05) is 0 Å². The molecule has 1 unspecified atom stereocenters. The third kappa shape index (κ3) is 15.1. The fourth-order valence-electron chi connectivity index (χ4n) is 3.98. The quantitative estimate of drug-likeness (QED) is 0.213. The number of ether oxygens (including phenoxy) is 1. The van der Waals surface area contributed by atoms with Crippen molar-refractivity contribution in [1.82, 2.24) is 0 Å². The summed E-state index contributed by atoms with van der Waals surface area (Å²) in [7, 11) is 0. The maximum Gasteiger partial charge on any atom is 0.124 e.